The van der Waals surface area contributed by atoms with Gasteiger partial charge in [-0.05, 0) is 48.6 Å². The van der Waals surface area contributed by atoms with E-state index in [1.807, 2.05) is 0 Å². The molecule has 0 aliphatic carbocycles. The molecule has 0 heterocycles. The number of anilines is 2. The maximum Gasteiger partial charge on any atom is 0.175 e. The van der Waals surface area contributed by atoms with Crippen molar-refractivity contribution in [2.45, 2.75) is 0 Å². The number of hydrogen-bond donors (Lipinski definition) is 2. The third kappa shape index (κ3) is 3.96. The maximum atomic E-state index is 13.0. The van der Waals surface area contributed by atoms with Gasteiger partial charge in [0.1, 0.15) is 17.5 Å². The molecule has 2 N–H and O–H groups in total. The summed E-state index contributed by atoms with van der Waals surface area (Å²) in [7, 11) is 0. The van der Waals surface area contributed by atoms with Crippen LogP contribution in [0.15, 0.2) is 42.5 Å². The standard InChI is InChI=1S/C13H9F3N2S/c14-8-1-3-11(4-2-8)17-13(19)18-12-6-9(15)5-10(16)7-12/h1-7H,(H2,17,18,19). The highest BCUT2D eigenvalue weighted by Gasteiger charge is 2.03. The van der Waals surface area contributed by atoms with Crippen LogP contribution in [0.25, 0.3) is 0 Å². The molecule has 0 aromatic heterocycles. The van der Waals surface area contributed by atoms with E-state index in [0.717, 1.165) is 18.2 Å². The van der Waals surface area contributed by atoms with E-state index >= 15 is 0 Å². The van der Waals surface area contributed by atoms with Gasteiger partial charge in [0.05, 0.1) is 0 Å². The Morgan fingerprint density at radius 1 is 0.737 bits per heavy atom. The zero-order valence-corrected chi connectivity index (χ0v) is 10.4. The van der Waals surface area contributed by atoms with E-state index in [4.69, 9.17) is 12.2 Å². The van der Waals surface area contributed by atoms with Crippen LogP contribution in [0.2, 0.25) is 0 Å². The molecule has 0 spiro atoms. The van der Waals surface area contributed by atoms with Crippen LogP contribution >= 0.6 is 12.2 Å². The van der Waals surface area contributed by atoms with E-state index in [-0.39, 0.29) is 16.6 Å². The van der Waals surface area contributed by atoms with Crippen LogP contribution in [0.1, 0.15) is 0 Å². The van der Waals surface area contributed by atoms with Crippen molar-refractivity contribution in [1.29, 1.82) is 0 Å². The quantitative estimate of drug-likeness (QED) is 0.817. The number of thiocarbonyl (C=S) groups is 1. The lowest BCUT2D eigenvalue weighted by atomic mass is 10.3. The number of nitrogens with one attached hydrogen (secondary N) is 2. The Bertz CT molecular complexity index is 579. The van der Waals surface area contributed by atoms with Gasteiger partial charge in [-0.1, -0.05) is 0 Å². The highest BCUT2D eigenvalue weighted by atomic mass is 32.1. The summed E-state index contributed by atoms with van der Waals surface area (Å²) in [5.74, 6) is -1.77. The zero-order chi connectivity index (χ0) is 13.8. The molecule has 0 unspecified atom stereocenters. The highest BCUT2D eigenvalue weighted by Crippen LogP contribution is 2.14. The first-order valence-corrected chi connectivity index (χ1v) is 5.73. The van der Waals surface area contributed by atoms with Gasteiger partial charge in [0, 0.05) is 17.4 Å². The van der Waals surface area contributed by atoms with Gasteiger partial charge >= 0.3 is 0 Å². The van der Waals surface area contributed by atoms with Crippen molar-refractivity contribution in [3.05, 3.63) is 59.9 Å². The Morgan fingerprint density at radius 3 is 1.84 bits per heavy atom. The van der Waals surface area contributed by atoms with Crippen LogP contribution in [0.4, 0.5) is 24.5 Å². The molecule has 6 heteroatoms. The monoisotopic (exact) mass is 282 g/mol. The van der Waals surface area contributed by atoms with Gasteiger partial charge in [-0.2, -0.15) is 0 Å². The van der Waals surface area contributed by atoms with Crippen LogP contribution in [0, 0.1) is 17.5 Å². The molecule has 2 aromatic carbocycles. The molecule has 0 amide bonds. The molecule has 0 bridgehead atoms. The van der Waals surface area contributed by atoms with Crippen molar-refractivity contribution in [3.63, 3.8) is 0 Å². The summed E-state index contributed by atoms with van der Waals surface area (Å²) in [6.07, 6.45) is 0. The second-order valence-corrected chi connectivity index (χ2v) is 4.15. The molecule has 2 rings (SSSR count). The van der Waals surface area contributed by atoms with Crippen molar-refractivity contribution in [2.24, 2.45) is 0 Å². The summed E-state index contributed by atoms with van der Waals surface area (Å²) in [5, 5.41) is 5.55. The molecular formula is C13H9F3N2S. The molecule has 19 heavy (non-hydrogen) atoms. The van der Waals surface area contributed by atoms with Gasteiger partial charge < -0.3 is 10.6 Å². The molecule has 0 fully saturated rings. The van der Waals surface area contributed by atoms with Gasteiger partial charge in [-0.15, -0.1) is 0 Å². The largest absolute Gasteiger partial charge is 0.332 e. The number of benzene rings is 2. The van der Waals surface area contributed by atoms with E-state index in [1.165, 1.54) is 24.3 Å². The predicted molar refractivity (Wildman–Crippen MR) is 72.6 cm³/mol. The predicted octanol–water partition coefficient (Wildman–Crippen LogP) is 3.91. The number of rotatable bonds is 2. The minimum absolute atomic E-state index is 0.150. The van der Waals surface area contributed by atoms with Crippen LogP contribution in [0.5, 0.6) is 0 Å². The second-order valence-electron chi connectivity index (χ2n) is 3.74. The summed E-state index contributed by atoms with van der Waals surface area (Å²) in [5.41, 5.74) is 0.757. The molecule has 0 saturated carbocycles. The van der Waals surface area contributed by atoms with E-state index in [9.17, 15) is 13.2 Å². The van der Waals surface area contributed by atoms with E-state index in [1.54, 1.807) is 0 Å². The lowest BCUT2D eigenvalue weighted by molar-refractivity contribution is 0.584. The minimum atomic E-state index is -0.702. The Kier molecular flexibility index (Phi) is 4.01. The summed E-state index contributed by atoms with van der Waals surface area (Å²) in [6.45, 7) is 0. The van der Waals surface area contributed by atoms with Crippen molar-refractivity contribution in [3.8, 4) is 0 Å². The normalized spacial score (nSPS) is 10.1. The van der Waals surface area contributed by atoms with Crippen LogP contribution in [-0.2, 0) is 0 Å². The first-order valence-electron chi connectivity index (χ1n) is 5.32. The van der Waals surface area contributed by atoms with Gasteiger partial charge in [0.2, 0.25) is 0 Å². The van der Waals surface area contributed by atoms with E-state index < -0.39 is 11.6 Å². The van der Waals surface area contributed by atoms with Gasteiger partial charge in [0.15, 0.2) is 5.11 Å². The molecule has 0 radical (unpaired) electrons. The maximum absolute atomic E-state index is 13.0. The van der Waals surface area contributed by atoms with Crippen molar-refractivity contribution in [2.75, 3.05) is 10.6 Å². The fraction of sp³-hybridized carbons (Fsp3) is 0. The Morgan fingerprint density at radius 2 is 1.26 bits per heavy atom. The Hall–Kier alpha value is -2.08. The molecule has 98 valence electrons. The SMILES string of the molecule is Fc1ccc(NC(=S)Nc2cc(F)cc(F)c2)cc1. The summed E-state index contributed by atoms with van der Waals surface area (Å²) >= 11 is 4.98. The molecule has 2 nitrogen and oxygen atoms in total. The van der Waals surface area contributed by atoms with E-state index in [0.29, 0.717) is 5.69 Å². The highest BCUT2D eigenvalue weighted by molar-refractivity contribution is 7.80. The lowest BCUT2D eigenvalue weighted by Gasteiger charge is -2.10. The second kappa shape index (κ2) is 5.71. The van der Waals surface area contributed by atoms with Crippen LogP contribution in [0.3, 0.4) is 0 Å². The van der Waals surface area contributed by atoms with Crippen LogP contribution in [-0.4, -0.2) is 5.11 Å². The summed E-state index contributed by atoms with van der Waals surface area (Å²) < 4.78 is 38.6. The van der Waals surface area contributed by atoms with Crippen molar-refractivity contribution < 1.29 is 13.2 Å². The number of hydrogen-bond acceptors (Lipinski definition) is 1. The summed E-state index contributed by atoms with van der Waals surface area (Å²) in [6, 6.07) is 8.52. The minimum Gasteiger partial charge on any atom is -0.332 e. The average Bonchev–Trinajstić information content (AvgIpc) is 2.30. The third-order valence-electron chi connectivity index (χ3n) is 2.22. The van der Waals surface area contributed by atoms with Crippen LogP contribution < -0.4 is 10.6 Å². The average molecular weight is 282 g/mol. The van der Waals surface area contributed by atoms with E-state index in [2.05, 4.69) is 10.6 Å². The van der Waals surface area contributed by atoms with Crippen molar-refractivity contribution in [1.82, 2.24) is 0 Å². The Labute approximate surface area is 113 Å². The fourth-order valence-corrected chi connectivity index (χ4v) is 1.69. The van der Waals surface area contributed by atoms with Gasteiger partial charge in [-0.25, -0.2) is 13.2 Å². The molecule has 0 aliphatic heterocycles. The zero-order valence-electron chi connectivity index (χ0n) is 9.58. The molecule has 0 aliphatic rings. The molecule has 0 atom stereocenters. The molecule has 0 saturated heterocycles. The third-order valence-corrected chi connectivity index (χ3v) is 2.43. The molecular weight excluding hydrogens is 273 g/mol. The number of halogens is 3. The van der Waals surface area contributed by atoms with Crippen molar-refractivity contribution >= 4 is 28.7 Å². The fourth-order valence-electron chi connectivity index (χ4n) is 1.45. The smallest absolute Gasteiger partial charge is 0.175 e. The first kappa shape index (κ1) is 13.4. The lowest BCUT2D eigenvalue weighted by Crippen LogP contribution is -2.19. The summed E-state index contributed by atoms with van der Waals surface area (Å²) in [4.78, 5) is 0. The first-order chi connectivity index (χ1) is 9.02. The van der Waals surface area contributed by atoms with Gasteiger partial charge in [-0.3, -0.25) is 0 Å². The topological polar surface area (TPSA) is 24.1 Å². The van der Waals surface area contributed by atoms with Gasteiger partial charge in [0.25, 0.3) is 0 Å². The Balaban J connectivity index is 2.03. The molecule has 2 aromatic rings.